The van der Waals surface area contributed by atoms with Crippen LogP contribution in [0.4, 0.5) is 0 Å². The van der Waals surface area contributed by atoms with Gasteiger partial charge in [0.05, 0.1) is 18.1 Å². The van der Waals surface area contributed by atoms with Crippen molar-refractivity contribution in [2.45, 2.75) is 18.2 Å². The lowest BCUT2D eigenvalue weighted by atomic mass is 10.2. The maximum atomic E-state index is 12.1. The van der Waals surface area contributed by atoms with Crippen molar-refractivity contribution in [1.29, 1.82) is 0 Å². The summed E-state index contributed by atoms with van der Waals surface area (Å²) in [6.07, 6.45) is 0.908. The van der Waals surface area contributed by atoms with Gasteiger partial charge < -0.3 is 4.74 Å². The summed E-state index contributed by atoms with van der Waals surface area (Å²) in [6, 6.07) is 7.04. The number of nitrogens with zero attached hydrogens (tertiary/aromatic N) is 1. The average Bonchev–Trinajstić information content (AvgIpc) is 2.48. The lowest BCUT2D eigenvalue weighted by Gasteiger charge is -2.26. The van der Waals surface area contributed by atoms with Crippen LogP contribution in [0.1, 0.15) is 12.5 Å². The summed E-state index contributed by atoms with van der Waals surface area (Å²) in [4.78, 5) is 2.53. The molecule has 0 aliphatic carbocycles. The highest BCUT2D eigenvalue weighted by molar-refractivity contribution is 7.89. The van der Waals surface area contributed by atoms with E-state index in [2.05, 4.69) is 9.62 Å². The zero-order chi connectivity index (χ0) is 14.4. The van der Waals surface area contributed by atoms with Crippen molar-refractivity contribution in [3.05, 3.63) is 29.8 Å². The van der Waals surface area contributed by atoms with Crippen LogP contribution in [0.5, 0.6) is 0 Å². The van der Waals surface area contributed by atoms with E-state index in [0.29, 0.717) is 11.4 Å². The molecule has 1 aromatic carbocycles. The Morgan fingerprint density at radius 3 is 2.45 bits per heavy atom. The molecule has 1 aromatic rings. The van der Waals surface area contributed by atoms with E-state index in [1.165, 1.54) is 0 Å². The number of morpholine rings is 1. The Kier molecular flexibility index (Phi) is 5.54. The molecule has 1 fully saturated rings. The van der Waals surface area contributed by atoms with Gasteiger partial charge in [0.2, 0.25) is 10.0 Å². The van der Waals surface area contributed by atoms with Crippen LogP contribution in [0, 0.1) is 0 Å². The Balaban J connectivity index is 1.86. The molecule has 6 heteroatoms. The molecule has 112 valence electrons. The third-order valence-electron chi connectivity index (χ3n) is 3.47. The van der Waals surface area contributed by atoms with Gasteiger partial charge in [-0.2, -0.15) is 0 Å². The van der Waals surface area contributed by atoms with Gasteiger partial charge in [0.25, 0.3) is 0 Å². The molecule has 0 atom stereocenters. The molecular weight excluding hydrogens is 276 g/mol. The number of nitrogens with one attached hydrogen (secondary N) is 1. The molecule has 0 unspecified atom stereocenters. The van der Waals surface area contributed by atoms with Gasteiger partial charge in [-0.1, -0.05) is 19.1 Å². The fraction of sp³-hybridized carbons (Fsp3) is 0.571. The van der Waals surface area contributed by atoms with E-state index < -0.39 is 10.0 Å². The summed E-state index contributed by atoms with van der Waals surface area (Å²) in [5.74, 6) is 0. The van der Waals surface area contributed by atoms with Gasteiger partial charge >= 0.3 is 0 Å². The van der Waals surface area contributed by atoms with Gasteiger partial charge in [0.1, 0.15) is 0 Å². The van der Waals surface area contributed by atoms with Crippen molar-refractivity contribution >= 4 is 10.0 Å². The van der Waals surface area contributed by atoms with Crippen LogP contribution in [-0.4, -0.2) is 52.7 Å². The minimum Gasteiger partial charge on any atom is -0.379 e. The molecule has 1 heterocycles. The molecule has 5 nitrogen and oxygen atoms in total. The third-order valence-corrected chi connectivity index (χ3v) is 4.94. The Morgan fingerprint density at radius 1 is 1.20 bits per heavy atom. The summed E-state index contributed by atoms with van der Waals surface area (Å²) in [6.45, 7) is 6.38. The molecule has 0 amide bonds. The van der Waals surface area contributed by atoms with E-state index in [1.54, 1.807) is 12.1 Å². The monoisotopic (exact) mass is 298 g/mol. The predicted molar refractivity (Wildman–Crippen MR) is 78.3 cm³/mol. The van der Waals surface area contributed by atoms with Crippen LogP contribution in [-0.2, 0) is 21.2 Å². The highest BCUT2D eigenvalue weighted by Gasteiger charge is 2.15. The Hall–Kier alpha value is -0.950. The molecule has 1 aliphatic heterocycles. The van der Waals surface area contributed by atoms with Crippen molar-refractivity contribution in [2.75, 3.05) is 39.4 Å². The Bertz CT molecular complexity index is 508. The van der Waals surface area contributed by atoms with E-state index in [1.807, 2.05) is 19.1 Å². The number of benzene rings is 1. The highest BCUT2D eigenvalue weighted by atomic mass is 32.2. The van der Waals surface area contributed by atoms with E-state index >= 15 is 0 Å². The standard InChI is InChI=1S/C14H22N2O3S/c1-2-13-3-5-14(6-4-13)20(17,18)15-7-8-16-9-11-19-12-10-16/h3-6,15H,2,7-12H2,1H3. The second-order valence-corrected chi connectivity index (χ2v) is 6.62. The maximum absolute atomic E-state index is 12.1. The Morgan fingerprint density at radius 2 is 1.85 bits per heavy atom. The molecule has 1 aliphatic rings. The van der Waals surface area contributed by atoms with Crippen LogP contribution in [0.15, 0.2) is 29.2 Å². The van der Waals surface area contributed by atoms with Gasteiger partial charge in [0.15, 0.2) is 0 Å². The van der Waals surface area contributed by atoms with E-state index in [-0.39, 0.29) is 0 Å². The number of ether oxygens (including phenoxy) is 1. The molecule has 0 spiro atoms. The quantitative estimate of drug-likeness (QED) is 0.846. The second kappa shape index (κ2) is 7.17. The first-order valence-corrected chi connectivity index (χ1v) is 8.49. The van der Waals surface area contributed by atoms with E-state index in [9.17, 15) is 8.42 Å². The number of aryl methyl sites for hydroxylation is 1. The minimum absolute atomic E-state index is 0.330. The molecule has 1 saturated heterocycles. The van der Waals surface area contributed by atoms with Crippen LogP contribution < -0.4 is 4.72 Å². The molecule has 0 aromatic heterocycles. The van der Waals surface area contributed by atoms with Gasteiger partial charge in [-0.3, -0.25) is 4.90 Å². The molecule has 1 N–H and O–H groups in total. The first kappa shape index (κ1) is 15.4. The second-order valence-electron chi connectivity index (χ2n) is 4.85. The summed E-state index contributed by atoms with van der Waals surface area (Å²) < 4.78 is 32.1. The molecule has 0 bridgehead atoms. The molecule has 2 rings (SSSR count). The third kappa shape index (κ3) is 4.28. The van der Waals surface area contributed by atoms with Gasteiger partial charge in [-0.25, -0.2) is 13.1 Å². The van der Waals surface area contributed by atoms with Gasteiger partial charge in [0, 0.05) is 26.2 Å². The van der Waals surface area contributed by atoms with Gasteiger partial charge in [-0.05, 0) is 24.1 Å². The summed E-state index contributed by atoms with van der Waals surface area (Å²) in [5.41, 5.74) is 1.14. The summed E-state index contributed by atoms with van der Waals surface area (Å²) >= 11 is 0. The average molecular weight is 298 g/mol. The first-order valence-electron chi connectivity index (χ1n) is 7.00. The van der Waals surface area contributed by atoms with Crippen molar-refractivity contribution in [3.63, 3.8) is 0 Å². The predicted octanol–water partition coefficient (Wildman–Crippen LogP) is 0.860. The van der Waals surface area contributed by atoms with E-state index in [4.69, 9.17) is 4.74 Å². The van der Waals surface area contributed by atoms with Crippen molar-refractivity contribution in [2.24, 2.45) is 0 Å². The van der Waals surface area contributed by atoms with Crippen molar-refractivity contribution < 1.29 is 13.2 Å². The molecule has 0 radical (unpaired) electrons. The number of hydrogen-bond acceptors (Lipinski definition) is 4. The topological polar surface area (TPSA) is 58.6 Å². The summed E-state index contributed by atoms with van der Waals surface area (Å²) in [5, 5.41) is 0. The zero-order valence-electron chi connectivity index (χ0n) is 11.8. The molecule has 0 saturated carbocycles. The first-order chi connectivity index (χ1) is 9.62. The summed E-state index contributed by atoms with van der Waals surface area (Å²) in [7, 11) is -3.39. The fourth-order valence-corrected chi connectivity index (χ4v) is 3.17. The van der Waals surface area contributed by atoms with Crippen LogP contribution in [0.2, 0.25) is 0 Å². The smallest absolute Gasteiger partial charge is 0.240 e. The zero-order valence-corrected chi connectivity index (χ0v) is 12.7. The van der Waals surface area contributed by atoms with Crippen molar-refractivity contribution in [1.82, 2.24) is 9.62 Å². The molecule has 20 heavy (non-hydrogen) atoms. The number of rotatable bonds is 6. The van der Waals surface area contributed by atoms with Crippen LogP contribution in [0.3, 0.4) is 0 Å². The minimum atomic E-state index is -3.39. The van der Waals surface area contributed by atoms with Crippen LogP contribution in [0.25, 0.3) is 0 Å². The number of sulfonamides is 1. The maximum Gasteiger partial charge on any atom is 0.240 e. The largest absolute Gasteiger partial charge is 0.379 e. The molecular formula is C14H22N2O3S. The Labute approximate surface area is 121 Å². The van der Waals surface area contributed by atoms with E-state index in [0.717, 1.165) is 44.8 Å². The van der Waals surface area contributed by atoms with Crippen LogP contribution >= 0.6 is 0 Å². The van der Waals surface area contributed by atoms with Gasteiger partial charge in [-0.15, -0.1) is 0 Å². The normalized spacial score (nSPS) is 17.2. The SMILES string of the molecule is CCc1ccc(S(=O)(=O)NCCN2CCOCC2)cc1. The number of hydrogen-bond donors (Lipinski definition) is 1. The van der Waals surface area contributed by atoms with Crippen molar-refractivity contribution in [3.8, 4) is 0 Å². The lowest BCUT2D eigenvalue weighted by molar-refractivity contribution is 0.0390. The fourth-order valence-electron chi connectivity index (χ4n) is 2.15. The lowest BCUT2D eigenvalue weighted by Crippen LogP contribution is -2.41. The highest BCUT2D eigenvalue weighted by Crippen LogP contribution is 2.10.